The number of hydrogen-bond donors (Lipinski definition) is 1. The van der Waals surface area contributed by atoms with Crippen LogP contribution < -0.4 is 4.90 Å². The van der Waals surface area contributed by atoms with Crippen molar-refractivity contribution in [3.05, 3.63) is 39.3 Å². The number of nitrogens with zero attached hydrogens (tertiary/aromatic N) is 5. The second-order valence-corrected chi connectivity index (χ2v) is 8.38. The van der Waals surface area contributed by atoms with Gasteiger partial charge >= 0.3 is 5.97 Å². The van der Waals surface area contributed by atoms with E-state index in [1.165, 1.54) is 6.33 Å². The maximum Gasteiger partial charge on any atom is 0.305 e. The van der Waals surface area contributed by atoms with Crippen molar-refractivity contribution in [2.24, 2.45) is 0 Å². The Bertz CT molecular complexity index is 1050. The summed E-state index contributed by atoms with van der Waals surface area (Å²) in [5, 5.41) is 14.5. The number of anilines is 1. The molecule has 0 atom stereocenters. The molecule has 3 rings (SSSR count). The van der Waals surface area contributed by atoms with E-state index in [1.54, 1.807) is 11.0 Å². The van der Waals surface area contributed by atoms with Gasteiger partial charge in [0.25, 0.3) is 0 Å². The van der Waals surface area contributed by atoms with Gasteiger partial charge in [-0.2, -0.15) is 5.10 Å². The molecule has 30 heavy (non-hydrogen) atoms. The third kappa shape index (κ3) is 5.03. The molecule has 2 aromatic heterocycles. The average molecular weight is 517 g/mol. The zero-order chi connectivity index (χ0) is 21.8. The highest BCUT2D eigenvalue weighted by Gasteiger charge is 2.20. The lowest BCUT2D eigenvalue weighted by molar-refractivity contribution is -0.138. The van der Waals surface area contributed by atoms with Gasteiger partial charge in [-0.05, 0) is 35.8 Å². The smallest absolute Gasteiger partial charge is 0.305 e. The molecule has 0 radical (unpaired) electrons. The van der Waals surface area contributed by atoms with Crippen LogP contribution in [-0.2, 0) is 9.53 Å². The zero-order valence-electron chi connectivity index (χ0n) is 16.3. The number of hydrogen-bond acceptors (Lipinski definition) is 6. The minimum atomic E-state index is -0.887. The highest BCUT2D eigenvalue weighted by atomic mass is 79.9. The normalized spacial score (nSPS) is 11.4. The largest absolute Gasteiger partial charge is 0.481 e. The number of rotatable bonds is 9. The van der Waals surface area contributed by atoms with Crippen LogP contribution in [0.15, 0.2) is 29.3 Å². The topological polar surface area (TPSA) is 93.4 Å². The van der Waals surface area contributed by atoms with Gasteiger partial charge in [-0.1, -0.05) is 23.2 Å². The van der Waals surface area contributed by atoms with E-state index in [9.17, 15) is 4.79 Å². The Morgan fingerprint density at radius 1 is 1.30 bits per heavy atom. The lowest BCUT2D eigenvalue weighted by Gasteiger charge is -2.28. The van der Waals surface area contributed by atoms with E-state index in [0.717, 1.165) is 11.1 Å². The summed E-state index contributed by atoms with van der Waals surface area (Å²) in [4.78, 5) is 21.5. The quantitative estimate of drug-likeness (QED) is 0.328. The van der Waals surface area contributed by atoms with E-state index in [-0.39, 0.29) is 19.1 Å². The van der Waals surface area contributed by atoms with Crippen LogP contribution in [0.5, 0.6) is 0 Å². The lowest BCUT2D eigenvalue weighted by Crippen LogP contribution is -2.35. The Labute approximate surface area is 191 Å². The van der Waals surface area contributed by atoms with Gasteiger partial charge in [0.1, 0.15) is 18.5 Å². The summed E-state index contributed by atoms with van der Waals surface area (Å²) in [5.41, 5.74) is 1.30. The second kappa shape index (κ2) is 9.91. The molecule has 0 spiro atoms. The molecule has 0 aliphatic heterocycles. The van der Waals surface area contributed by atoms with Crippen LogP contribution >= 0.6 is 39.1 Å². The molecular formula is C19H20BrCl2N5O3. The Hall–Kier alpha value is -1.94. The average Bonchev–Trinajstić information content (AvgIpc) is 3.23. The first-order valence-corrected chi connectivity index (χ1v) is 10.7. The number of carboxylic acid groups (broad SMARTS) is 1. The second-order valence-electron chi connectivity index (χ2n) is 6.77. The fourth-order valence-electron chi connectivity index (χ4n) is 2.97. The molecule has 11 heteroatoms. The predicted molar refractivity (Wildman–Crippen MR) is 120 cm³/mol. The van der Waals surface area contributed by atoms with Gasteiger partial charge in [-0.25, -0.2) is 14.6 Å². The van der Waals surface area contributed by atoms with Gasteiger partial charge in [-0.3, -0.25) is 4.79 Å². The van der Waals surface area contributed by atoms with Crippen LogP contribution in [0.1, 0.15) is 20.3 Å². The summed E-state index contributed by atoms with van der Waals surface area (Å²) in [6.07, 6.45) is 3.02. The summed E-state index contributed by atoms with van der Waals surface area (Å²) in [6, 6.07) is 3.86. The molecule has 0 bridgehead atoms. The van der Waals surface area contributed by atoms with E-state index >= 15 is 0 Å². The van der Waals surface area contributed by atoms with Crippen LogP contribution in [0.4, 0.5) is 5.82 Å². The zero-order valence-corrected chi connectivity index (χ0v) is 19.4. The minimum absolute atomic E-state index is 0.0324. The van der Waals surface area contributed by atoms with Crippen LogP contribution in [-0.4, -0.2) is 56.6 Å². The fourth-order valence-corrected chi connectivity index (χ4v) is 3.90. The Morgan fingerprint density at radius 2 is 2.07 bits per heavy atom. The molecule has 0 aliphatic carbocycles. The Balaban J connectivity index is 2.02. The van der Waals surface area contributed by atoms with Gasteiger partial charge in [-0.15, -0.1) is 0 Å². The minimum Gasteiger partial charge on any atom is -0.481 e. The van der Waals surface area contributed by atoms with E-state index in [2.05, 4.69) is 26.0 Å². The summed E-state index contributed by atoms with van der Waals surface area (Å²) >= 11 is 16.3. The summed E-state index contributed by atoms with van der Waals surface area (Å²) in [6.45, 7) is 5.11. The van der Waals surface area contributed by atoms with Crippen molar-refractivity contribution in [2.75, 3.05) is 24.7 Å². The summed E-state index contributed by atoms with van der Waals surface area (Å²) in [5.74, 6) is -0.216. The van der Waals surface area contributed by atoms with Gasteiger partial charge in [0.15, 0.2) is 0 Å². The number of fused-ring (bicyclic) bond motifs is 1. The van der Waals surface area contributed by atoms with E-state index in [1.807, 2.05) is 30.9 Å². The molecule has 8 nitrogen and oxygen atoms in total. The first kappa shape index (κ1) is 22.7. The standard InChI is InChI=1S/C19H20BrCl2N5O3/c1-11(2)26(4-6-30-5-3-16(28)29)15-8-14(27-10-23-9-24-27)12-7-13(20)17(21)18(22)19(12)25-15/h7-11H,3-6H2,1-2H3,(H,28,29). The molecule has 0 fully saturated rings. The van der Waals surface area contributed by atoms with Crippen molar-refractivity contribution in [3.8, 4) is 5.69 Å². The molecule has 0 amide bonds. The van der Waals surface area contributed by atoms with Crippen molar-refractivity contribution in [2.45, 2.75) is 26.3 Å². The van der Waals surface area contributed by atoms with Gasteiger partial charge in [0, 0.05) is 28.5 Å². The number of carbonyl (C=O) groups is 1. The lowest BCUT2D eigenvalue weighted by atomic mass is 10.1. The van der Waals surface area contributed by atoms with Crippen LogP contribution in [0.3, 0.4) is 0 Å². The number of aromatic nitrogens is 4. The molecule has 160 valence electrons. The Morgan fingerprint density at radius 3 is 2.70 bits per heavy atom. The van der Waals surface area contributed by atoms with Crippen molar-refractivity contribution in [1.29, 1.82) is 0 Å². The molecule has 1 aromatic carbocycles. The Kier molecular flexibility index (Phi) is 7.51. The number of carboxylic acids is 1. The molecule has 1 N–H and O–H groups in total. The van der Waals surface area contributed by atoms with Crippen LogP contribution in [0.2, 0.25) is 10.0 Å². The van der Waals surface area contributed by atoms with Crippen molar-refractivity contribution in [3.63, 3.8) is 0 Å². The third-order valence-electron chi connectivity index (χ3n) is 4.42. The molecule has 0 saturated heterocycles. The SMILES string of the molecule is CC(C)N(CCOCCC(=O)O)c1cc(-n2cncn2)c2cc(Br)c(Cl)c(Cl)c2n1. The van der Waals surface area contributed by atoms with Crippen molar-refractivity contribution < 1.29 is 14.6 Å². The highest BCUT2D eigenvalue weighted by molar-refractivity contribution is 9.10. The first-order chi connectivity index (χ1) is 14.3. The van der Waals surface area contributed by atoms with Crippen LogP contribution in [0.25, 0.3) is 16.6 Å². The molecule has 2 heterocycles. The molecular weight excluding hydrogens is 497 g/mol. The van der Waals surface area contributed by atoms with Crippen LogP contribution in [0, 0.1) is 0 Å². The number of pyridine rings is 1. The molecule has 0 unspecified atom stereocenters. The van der Waals surface area contributed by atoms with Gasteiger partial charge in [0.2, 0.25) is 0 Å². The number of ether oxygens (including phenoxy) is 1. The summed E-state index contributed by atoms with van der Waals surface area (Å²) < 4.78 is 7.77. The monoisotopic (exact) mass is 515 g/mol. The molecule has 0 saturated carbocycles. The highest BCUT2D eigenvalue weighted by Crippen LogP contribution is 2.39. The molecule has 0 aliphatic rings. The third-order valence-corrected chi connectivity index (χ3v) is 6.14. The first-order valence-electron chi connectivity index (χ1n) is 9.19. The number of aliphatic carboxylic acids is 1. The van der Waals surface area contributed by atoms with Gasteiger partial charge in [0.05, 0.1) is 40.9 Å². The van der Waals surface area contributed by atoms with Crippen molar-refractivity contribution >= 4 is 61.8 Å². The fraction of sp³-hybridized carbons (Fsp3) is 0.368. The number of halogens is 3. The summed E-state index contributed by atoms with van der Waals surface area (Å²) in [7, 11) is 0. The maximum atomic E-state index is 10.6. The predicted octanol–water partition coefficient (Wildman–Crippen LogP) is 4.59. The maximum absolute atomic E-state index is 10.6. The van der Waals surface area contributed by atoms with Gasteiger partial charge < -0.3 is 14.7 Å². The number of benzene rings is 1. The molecule has 3 aromatic rings. The van der Waals surface area contributed by atoms with E-state index in [4.69, 9.17) is 38.0 Å². The van der Waals surface area contributed by atoms with E-state index < -0.39 is 5.97 Å². The van der Waals surface area contributed by atoms with Crippen molar-refractivity contribution in [1.82, 2.24) is 19.7 Å². The van der Waals surface area contributed by atoms with E-state index in [0.29, 0.717) is 39.0 Å².